The highest BCUT2D eigenvalue weighted by molar-refractivity contribution is 7.10. The molecule has 0 aliphatic carbocycles. The fraction of sp³-hybridized carbons (Fsp3) is 0.480. The topological polar surface area (TPSA) is 32.8 Å². The molecule has 0 bridgehead atoms. The second-order valence-corrected chi connectivity index (χ2v) is 9.52. The van der Waals surface area contributed by atoms with E-state index in [9.17, 15) is 9.18 Å². The minimum atomic E-state index is -0.129. The van der Waals surface area contributed by atoms with E-state index in [0.29, 0.717) is 19.0 Å². The Morgan fingerprint density at radius 1 is 1.16 bits per heavy atom. The third kappa shape index (κ3) is 6.48. The van der Waals surface area contributed by atoms with Crippen LogP contribution in [0.4, 0.5) is 4.39 Å². The highest BCUT2D eigenvalue weighted by atomic mass is 32.1. The number of amides is 1. The highest BCUT2D eigenvalue weighted by Gasteiger charge is 2.26. The van der Waals surface area contributed by atoms with Crippen LogP contribution in [0.3, 0.4) is 0 Å². The summed E-state index contributed by atoms with van der Waals surface area (Å²) >= 11 is 1.63. The molecule has 6 heteroatoms. The van der Waals surface area contributed by atoms with Crippen LogP contribution < -0.4 is 0 Å². The summed E-state index contributed by atoms with van der Waals surface area (Å²) in [5.41, 5.74) is 0.759. The molecule has 2 aromatic rings. The molecule has 0 saturated carbocycles. The summed E-state index contributed by atoms with van der Waals surface area (Å²) in [6, 6.07) is 11.0. The lowest BCUT2D eigenvalue weighted by Gasteiger charge is -2.35. The Kier molecular flexibility index (Phi) is 7.89. The zero-order valence-electron chi connectivity index (χ0n) is 17.9. The number of thiophene rings is 1. The summed E-state index contributed by atoms with van der Waals surface area (Å²) in [4.78, 5) is 18.4. The van der Waals surface area contributed by atoms with Crippen LogP contribution in [0.1, 0.15) is 36.1 Å². The van der Waals surface area contributed by atoms with Crippen molar-refractivity contribution in [1.82, 2.24) is 9.80 Å². The van der Waals surface area contributed by atoms with E-state index in [4.69, 9.17) is 4.74 Å². The molecule has 2 fully saturated rings. The lowest BCUT2D eigenvalue weighted by atomic mass is 9.95. The molecule has 4 rings (SSSR count). The summed E-state index contributed by atoms with van der Waals surface area (Å²) in [7, 11) is 0. The average Bonchev–Trinajstić information content (AvgIpc) is 3.49. The van der Waals surface area contributed by atoms with E-state index in [0.717, 1.165) is 62.4 Å². The molecule has 1 amide bonds. The van der Waals surface area contributed by atoms with E-state index in [1.165, 1.54) is 6.07 Å². The summed E-state index contributed by atoms with van der Waals surface area (Å²) in [5, 5.41) is 2.02. The Balaban J connectivity index is 1.32. The molecular formula is C25H31FN2O2S. The van der Waals surface area contributed by atoms with Gasteiger partial charge >= 0.3 is 0 Å². The number of carbonyl (C=O) groups excluding carboxylic acids is 1. The molecule has 1 unspecified atom stereocenters. The van der Waals surface area contributed by atoms with Crippen molar-refractivity contribution in [1.29, 1.82) is 0 Å². The van der Waals surface area contributed by atoms with Crippen LogP contribution in [0.5, 0.6) is 0 Å². The van der Waals surface area contributed by atoms with Gasteiger partial charge in [0.2, 0.25) is 5.91 Å². The Morgan fingerprint density at radius 2 is 2.00 bits per heavy atom. The maximum absolute atomic E-state index is 14.0. The third-order valence-electron chi connectivity index (χ3n) is 6.23. The van der Waals surface area contributed by atoms with Gasteiger partial charge in [0.1, 0.15) is 5.82 Å². The monoisotopic (exact) mass is 442 g/mol. The Bertz CT molecular complexity index is 856. The summed E-state index contributed by atoms with van der Waals surface area (Å²) in [6.07, 6.45) is 7.92. The third-order valence-corrected chi connectivity index (χ3v) is 7.07. The zero-order valence-corrected chi connectivity index (χ0v) is 18.7. The molecule has 1 atom stereocenters. The van der Waals surface area contributed by atoms with Gasteiger partial charge in [-0.25, -0.2) is 4.39 Å². The lowest BCUT2D eigenvalue weighted by Crippen LogP contribution is -2.43. The van der Waals surface area contributed by atoms with Gasteiger partial charge in [-0.15, -0.1) is 11.3 Å². The van der Waals surface area contributed by atoms with E-state index in [2.05, 4.69) is 4.90 Å². The van der Waals surface area contributed by atoms with Crippen LogP contribution >= 0.6 is 11.3 Å². The minimum absolute atomic E-state index is 0.0673. The maximum Gasteiger partial charge on any atom is 0.246 e. The normalized spacial score (nSPS) is 20.5. The van der Waals surface area contributed by atoms with Gasteiger partial charge in [-0.3, -0.25) is 9.69 Å². The van der Waals surface area contributed by atoms with E-state index >= 15 is 0 Å². The molecule has 2 aliphatic rings. The van der Waals surface area contributed by atoms with Crippen LogP contribution in [-0.4, -0.2) is 54.6 Å². The number of hydrogen-bond acceptors (Lipinski definition) is 4. The number of carbonyl (C=O) groups is 1. The van der Waals surface area contributed by atoms with Crippen LogP contribution in [0.25, 0.3) is 6.08 Å². The van der Waals surface area contributed by atoms with Gasteiger partial charge in [-0.1, -0.05) is 24.3 Å². The molecule has 2 saturated heterocycles. The number of piperidine rings is 1. The van der Waals surface area contributed by atoms with Gasteiger partial charge in [0.05, 0.1) is 6.10 Å². The first-order chi connectivity index (χ1) is 15.2. The Hall–Kier alpha value is -2.02. The van der Waals surface area contributed by atoms with Crippen LogP contribution in [0.15, 0.2) is 47.9 Å². The van der Waals surface area contributed by atoms with Crippen LogP contribution in [0.2, 0.25) is 0 Å². The Morgan fingerprint density at radius 3 is 2.71 bits per heavy atom. The average molecular weight is 443 g/mol. The van der Waals surface area contributed by atoms with Crippen molar-refractivity contribution < 1.29 is 13.9 Å². The van der Waals surface area contributed by atoms with Crippen molar-refractivity contribution >= 4 is 23.3 Å². The first kappa shape index (κ1) is 22.2. The van der Waals surface area contributed by atoms with Crippen LogP contribution in [0, 0.1) is 11.7 Å². The molecule has 1 aromatic carbocycles. The predicted octanol–water partition coefficient (Wildman–Crippen LogP) is 4.82. The molecule has 1 aromatic heterocycles. The number of hydrogen-bond donors (Lipinski definition) is 0. The molecule has 0 N–H and O–H groups in total. The molecule has 0 spiro atoms. The first-order valence-corrected chi connectivity index (χ1v) is 12.1. The van der Waals surface area contributed by atoms with E-state index in [-0.39, 0.29) is 17.8 Å². The van der Waals surface area contributed by atoms with Gasteiger partial charge < -0.3 is 9.64 Å². The SMILES string of the molecule is O=C(/C=C/c1cccs1)N(CC1CCN(Cc2ccccc2F)CC1)CC1CCCO1. The van der Waals surface area contributed by atoms with E-state index < -0.39 is 0 Å². The van der Waals surface area contributed by atoms with Crippen molar-refractivity contribution in [2.24, 2.45) is 5.92 Å². The molecular weight excluding hydrogens is 411 g/mol. The summed E-state index contributed by atoms with van der Waals surface area (Å²) in [6.45, 7) is 4.76. The molecule has 166 valence electrons. The first-order valence-electron chi connectivity index (χ1n) is 11.3. The number of halogens is 1. The van der Waals surface area contributed by atoms with Crippen molar-refractivity contribution in [3.8, 4) is 0 Å². The van der Waals surface area contributed by atoms with Gasteiger partial charge in [0.25, 0.3) is 0 Å². The lowest BCUT2D eigenvalue weighted by molar-refractivity contribution is -0.128. The number of likely N-dealkylation sites (tertiary alicyclic amines) is 1. The number of rotatable bonds is 8. The maximum atomic E-state index is 14.0. The van der Waals surface area contributed by atoms with Gasteiger partial charge in [-0.2, -0.15) is 0 Å². The number of benzene rings is 1. The molecule has 0 radical (unpaired) electrons. The highest BCUT2D eigenvalue weighted by Crippen LogP contribution is 2.23. The van der Waals surface area contributed by atoms with Gasteiger partial charge in [0, 0.05) is 42.8 Å². The van der Waals surface area contributed by atoms with E-state index in [1.807, 2.05) is 40.6 Å². The fourth-order valence-corrected chi connectivity index (χ4v) is 5.06. The van der Waals surface area contributed by atoms with Crippen molar-refractivity contribution in [2.45, 2.75) is 38.3 Å². The van der Waals surface area contributed by atoms with Crippen LogP contribution in [-0.2, 0) is 16.1 Å². The van der Waals surface area contributed by atoms with Crippen molar-refractivity contribution in [3.05, 3.63) is 64.1 Å². The smallest absolute Gasteiger partial charge is 0.246 e. The number of ether oxygens (including phenoxy) is 1. The summed E-state index contributed by atoms with van der Waals surface area (Å²) < 4.78 is 19.8. The van der Waals surface area contributed by atoms with E-state index in [1.54, 1.807) is 23.5 Å². The Labute approximate surface area is 188 Å². The molecule has 31 heavy (non-hydrogen) atoms. The second kappa shape index (κ2) is 11.0. The van der Waals surface area contributed by atoms with Gasteiger partial charge in [0.15, 0.2) is 0 Å². The van der Waals surface area contributed by atoms with Crippen molar-refractivity contribution in [3.63, 3.8) is 0 Å². The standard InChI is InChI=1S/C25H31FN2O2S/c26-24-8-2-1-5-21(24)18-27-13-11-20(12-14-27)17-28(19-22-6-3-15-30-22)25(29)10-9-23-7-4-16-31-23/h1-2,4-5,7-10,16,20,22H,3,6,11-15,17-19H2/b10-9+. The fourth-order valence-electron chi connectivity index (χ4n) is 4.44. The molecule has 2 aliphatic heterocycles. The van der Waals surface area contributed by atoms with Crippen molar-refractivity contribution in [2.75, 3.05) is 32.8 Å². The largest absolute Gasteiger partial charge is 0.376 e. The summed E-state index contributed by atoms with van der Waals surface area (Å²) in [5.74, 6) is 0.408. The second-order valence-electron chi connectivity index (χ2n) is 8.54. The minimum Gasteiger partial charge on any atom is -0.376 e. The van der Waals surface area contributed by atoms with Gasteiger partial charge in [-0.05, 0) is 68.3 Å². The molecule has 4 nitrogen and oxygen atoms in total. The molecule has 3 heterocycles. The quantitative estimate of drug-likeness (QED) is 0.550. The predicted molar refractivity (Wildman–Crippen MR) is 123 cm³/mol. The zero-order chi connectivity index (χ0) is 21.5. The number of nitrogens with zero attached hydrogens (tertiary/aromatic N) is 2.